The fraction of sp³-hybridized carbons (Fsp3) is 0.174. The molecular weight excluding hydrogens is 404 g/mol. The highest BCUT2D eigenvalue weighted by molar-refractivity contribution is 6.29. The van der Waals surface area contributed by atoms with E-state index in [0.717, 1.165) is 22.3 Å². The van der Waals surface area contributed by atoms with Crippen LogP contribution >= 0.6 is 11.6 Å². The zero-order valence-corrected chi connectivity index (χ0v) is 16.7. The predicted octanol–water partition coefficient (Wildman–Crippen LogP) is 4.27. The van der Waals surface area contributed by atoms with Gasteiger partial charge in [-0.3, -0.25) is 0 Å². The van der Waals surface area contributed by atoms with E-state index in [-0.39, 0.29) is 24.1 Å². The van der Waals surface area contributed by atoms with Crippen LogP contribution in [0.25, 0.3) is 11.1 Å². The molecule has 0 aliphatic heterocycles. The first kappa shape index (κ1) is 19.9. The van der Waals surface area contributed by atoms with Crippen molar-refractivity contribution < 1.29 is 19.4 Å². The molecule has 1 aliphatic rings. The number of carboxylic acid groups (broad SMARTS) is 1. The Morgan fingerprint density at radius 1 is 1.07 bits per heavy atom. The molecule has 0 radical (unpaired) electrons. The quantitative estimate of drug-likeness (QED) is 0.579. The van der Waals surface area contributed by atoms with Gasteiger partial charge < -0.3 is 15.2 Å². The van der Waals surface area contributed by atoms with Gasteiger partial charge in [0, 0.05) is 18.5 Å². The highest BCUT2D eigenvalue weighted by Gasteiger charge is 2.29. The molecule has 2 aromatic carbocycles. The van der Waals surface area contributed by atoms with Crippen molar-refractivity contribution in [2.75, 3.05) is 6.61 Å². The maximum atomic E-state index is 12.4. The van der Waals surface area contributed by atoms with Crippen molar-refractivity contribution >= 4 is 23.7 Å². The Labute approximate surface area is 178 Å². The first-order valence-electron chi connectivity index (χ1n) is 9.47. The lowest BCUT2D eigenvalue weighted by Crippen LogP contribution is -2.42. The number of aromatic nitrogens is 1. The molecule has 7 heteroatoms. The van der Waals surface area contributed by atoms with Gasteiger partial charge in [-0.1, -0.05) is 60.1 Å². The topological polar surface area (TPSA) is 88.5 Å². The van der Waals surface area contributed by atoms with Crippen LogP contribution in [0.1, 0.15) is 22.6 Å². The van der Waals surface area contributed by atoms with Crippen LogP contribution < -0.4 is 5.32 Å². The van der Waals surface area contributed by atoms with Crippen LogP contribution in [0.15, 0.2) is 66.9 Å². The number of hydrogen-bond donors (Lipinski definition) is 2. The fourth-order valence-corrected chi connectivity index (χ4v) is 3.98. The van der Waals surface area contributed by atoms with Gasteiger partial charge in [-0.05, 0) is 39.9 Å². The second-order valence-corrected chi connectivity index (χ2v) is 7.44. The number of nitrogens with zero attached hydrogens (tertiary/aromatic N) is 1. The molecule has 6 nitrogen and oxygen atoms in total. The summed E-state index contributed by atoms with van der Waals surface area (Å²) < 4.78 is 5.43. The Kier molecular flexibility index (Phi) is 5.68. The molecule has 0 saturated heterocycles. The molecule has 1 amide bonds. The van der Waals surface area contributed by atoms with Crippen molar-refractivity contribution in [3.8, 4) is 11.1 Å². The van der Waals surface area contributed by atoms with E-state index in [2.05, 4.69) is 22.4 Å². The molecule has 152 valence electrons. The standard InChI is InChI=1S/C23H19ClN2O4/c24-21-12-14(9-10-25-21)11-20(22(27)28)26-23(29)30-13-19-17-7-3-1-5-15(17)16-6-2-4-8-18(16)19/h1-10,12,19-20H,11,13H2,(H,26,29)(H,27,28)/t20-/m1/s1. The smallest absolute Gasteiger partial charge is 0.407 e. The highest BCUT2D eigenvalue weighted by atomic mass is 35.5. The molecule has 1 aliphatic carbocycles. The van der Waals surface area contributed by atoms with Gasteiger partial charge in [0.1, 0.15) is 17.8 Å². The van der Waals surface area contributed by atoms with E-state index in [1.54, 1.807) is 12.1 Å². The lowest BCUT2D eigenvalue weighted by atomic mass is 9.98. The number of pyridine rings is 1. The summed E-state index contributed by atoms with van der Waals surface area (Å²) in [5.41, 5.74) is 5.09. The Morgan fingerprint density at radius 3 is 2.30 bits per heavy atom. The minimum Gasteiger partial charge on any atom is -0.480 e. The number of nitrogens with one attached hydrogen (secondary N) is 1. The number of carbonyl (C=O) groups excluding carboxylic acids is 1. The van der Waals surface area contributed by atoms with Crippen molar-refractivity contribution in [3.05, 3.63) is 88.7 Å². The Morgan fingerprint density at radius 2 is 1.70 bits per heavy atom. The van der Waals surface area contributed by atoms with Gasteiger partial charge in [-0.2, -0.15) is 0 Å². The maximum Gasteiger partial charge on any atom is 0.407 e. The van der Waals surface area contributed by atoms with E-state index in [0.29, 0.717) is 5.56 Å². The molecule has 0 saturated carbocycles. The monoisotopic (exact) mass is 422 g/mol. The van der Waals surface area contributed by atoms with Crippen LogP contribution in [0.5, 0.6) is 0 Å². The first-order valence-corrected chi connectivity index (χ1v) is 9.85. The zero-order chi connectivity index (χ0) is 21.1. The third-order valence-corrected chi connectivity index (χ3v) is 5.37. The Balaban J connectivity index is 1.43. The number of benzene rings is 2. The van der Waals surface area contributed by atoms with Gasteiger partial charge in [0.15, 0.2) is 0 Å². The minimum absolute atomic E-state index is 0.0712. The van der Waals surface area contributed by atoms with E-state index in [1.807, 2.05) is 36.4 Å². The average Bonchev–Trinajstić information content (AvgIpc) is 3.06. The summed E-state index contributed by atoms with van der Waals surface area (Å²) in [6, 6.07) is 18.1. The van der Waals surface area contributed by atoms with E-state index < -0.39 is 18.1 Å². The SMILES string of the molecule is O=C(N[C@H](Cc1ccnc(Cl)c1)C(=O)O)OCC1c2ccccc2-c2ccccc21. The van der Waals surface area contributed by atoms with E-state index in [4.69, 9.17) is 16.3 Å². The zero-order valence-electron chi connectivity index (χ0n) is 15.9. The molecular formula is C23H19ClN2O4. The van der Waals surface area contributed by atoms with Crippen molar-refractivity contribution in [1.82, 2.24) is 10.3 Å². The van der Waals surface area contributed by atoms with Crippen molar-refractivity contribution in [1.29, 1.82) is 0 Å². The normalized spacial score (nSPS) is 13.2. The first-order chi connectivity index (χ1) is 14.5. The highest BCUT2D eigenvalue weighted by Crippen LogP contribution is 2.44. The maximum absolute atomic E-state index is 12.4. The molecule has 1 aromatic heterocycles. The number of carboxylic acids is 1. The van der Waals surface area contributed by atoms with Crippen LogP contribution in [0.2, 0.25) is 5.15 Å². The van der Waals surface area contributed by atoms with Crippen LogP contribution in [0.3, 0.4) is 0 Å². The Bertz CT molecular complexity index is 1060. The second kappa shape index (κ2) is 8.55. The van der Waals surface area contributed by atoms with Crippen molar-refractivity contribution in [2.24, 2.45) is 0 Å². The van der Waals surface area contributed by atoms with Crippen LogP contribution in [0, 0.1) is 0 Å². The summed E-state index contributed by atoms with van der Waals surface area (Å²) in [4.78, 5) is 27.8. The largest absolute Gasteiger partial charge is 0.480 e. The number of carbonyl (C=O) groups is 2. The van der Waals surface area contributed by atoms with Crippen LogP contribution in [0.4, 0.5) is 4.79 Å². The Hall–Kier alpha value is -3.38. The van der Waals surface area contributed by atoms with Gasteiger partial charge in [-0.15, -0.1) is 0 Å². The molecule has 30 heavy (non-hydrogen) atoms. The van der Waals surface area contributed by atoms with Crippen LogP contribution in [-0.4, -0.2) is 34.8 Å². The second-order valence-electron chi connectivity index (χ2n) is 7.05. The number of fused-ring (bicyclic) bond motifs is 3. The third-order valence-electron chi connectivity index (χ3n) is 5.16. The molecule has 4 rings (SSSR count). The third kappa shape index (κ3) is 4.14. The van der Waals surface area contributed by atoms with Gasteiger partial charge in [-0.25, -0.2) is 14.6 Å². The molecule has 0 spiro atoms. The summed E-state index contributed by atoms with van der Waals surface area (Å²) in [7, 11) is 0. The van der Waals surface area contributed by atoms with Gasteiger partial charge in [0.05, 0.1) is 0 Å². The summed E-state index contributed by atoms with van der Waals surface area (Å²) in [5.74, 6) is -1.25. The summed E-state index contributed by atoms with van der Waals surface area (Å²) in [6.45, 7) is 0.118. The number of amides is 1. The minimum atomic E-state index is -1.16. The molecule has 3 aromatic rings. The molecule has 1 atom stereocenters. The van der Waals surface area contributed by atoms with Gasteiger partial charge in [0.25, 0.3) is 0 Å². The lowest BCUT2D eigenvalue weighted by Gasteiger charge is -2.17. The number of ether oxygens (including phenoxy) is 1. The lowest BCUT2D eigenvalue weighted by molar-refractivity contribution is -0.139. The number of halogens is 1. The number of rotatable bonds is 6. The van der Waals surface area contributed by atoms with Crippen molar-refractivity contribution in [3.63, 3.8) is 0 Å². The summed E-state index contributed by atoms with van der Waals surface area (Å²) >= 11 is 5.85. The van der Waals surface area contributed by atoms with E-state index >= 15 is 0 Å². The van der Waals surface area contributed by atoms with Crippen molar-refractivity contribution in [2.45, 2.75) is 18.4 Å². The van der Waals surface area contributed by atoms with E-state index in [9.17, 15) is 14.7 Å². The average molecular weight is 423 g/mol. The molecule has 0 unspecified atom stereocenters. The van der Waals surface area contributed by atoms with Crippen LogP contribution in [-0.2, 0) is 16.0 Å². The molecule has 2 N–H and O–H groups in total. The van der Waals surface area contributed by atoms with Gasteiger partial charge in [0.2, 0.25) is 0 Å². The molecule has 1 heterocycles. The molecule has 0 fully saturated rings. The summed E-state index contributed by atoms with van der Waals surface area (Å²) in [5, 5.41) is 12.2. The number of alkyl carbamates (subject to hydrolysis) is 1. The summed E-state index contributed by atoms with van der Waals surface area (Å²) in [6.07, 6.45) is 0.787. The predicted molar refractivity (Wildman–Crippen MR) is 113 cm³/mol. The van der Waals surface area contributed by atoms with Gasteiger partial charge >= 0.3 is 12.1 Å². The van der Waals surface area contributed by atoms with E-state index in [1.165, 1.54) is 6.20 Å². The fourth-order valence-electron chi connectivity index (χ4n) is 3.79. The number of aliphatic carboxylic acids is 1. The molecule has 0 bridgehead atoms. The number of hydrogen-bond acceptors (Lipinski definition) is 4.